The fraction of sp³-hybridized carbons (Fsp3) is 0.538. The number of nitrogens with one attached hydrogen (secondary N) is 2. The number of amides is 2. The van der Waals surface area contributed by atoms with E-state index < -0.39 is 11.5 Å². The summed E-state index contributed by atoms with van der Waals surface area (Å²) in [7, 11) is 0. The van der Waals surface area contributed by atoms with Crippen LogP contribution in [0.15, 0.2) is 22.8 Å². The molecule has 1 unspecified atom stereocenters. The molecule has 6 nitrogen and oxygen atoms in total. The van der Waals surface area contributed by atoms with Crippen LogP contribution in [0.5, 0.6) is 0 Å². The summed E-state index contributed by atoms with van der Waals surface area (Å²) in [4.78, 5) is 22.4. The quantitative estimate of drug-likeness (QED) is 0.733. The number of carboxylic acid groups (broad SMARTS) is 1. The van der Waals surface area contributed by atoms with Gasteiger partial charge in [0.05, 0.1) is 12.7 Å². The average molecular weight is 268 g/mol. The van der Waals surface area contributed by atoms with Crippen LogP contribution >= 0.6 is 0 Å². The largest absolute Gasteiger partial charge is 0.481 e. The smallest absolute Gasteiger partial charge is 0.315 e. The van der Waals surface area contributed by atoms with Gasteiger partial charge in [0.2, 0.25) is 0 Å². The van der Waals surface area contributed by atoms with Crippen LogP contribution < -0.4 is 10.6 Å². The van der Waals surface area contributed by atoms with Crippen molar-refractivity contribution in [2.75, 3.05) is 0 Å². The Morgan fingerprint density at radius 3 is 2.68 bits per heavy atom. The second-order valence-corrected chi connectivity index (χ2v) is 5.24. The van der Waals surface area contributed by atoms with Crippen LogP contribution in [0.4, 0.5) is 4.79 Å². The second-order valence-electron chi connectivity index (χ2n) is 5.24. The van der Waals surface area contributed by atoms with E-state index in [1.165, 1.54) is 0 Å². The van der Waals surface area contributed by atoms with Gasteiger partial charge in [0.15, 0.2) is 0 Å². The first-order chi connectivity index (χ1) is 8.78. The van der Waals surface area contributed by atoms with Gasteiger partial charge in [-0.25, -0.2) is 4.79 Å². The van der Waals surface area contributed by atoms with E-state index in [1.54, 1.807) is 26.2 Å². The number of rotatable bonds is 6. The van der Waals surface area contributed by atoms with Gasteiger partial charge >= 0.3 is 12.0 Å². The zero-order chi connectivity index (χ0) is 14.5. The molecule has 0 spiro atoms. The second kappa shape index (κ2) is 6.26. The monoisotopic (exact) mass is 268 g/mol. The van der Waals surface area contributed by atoms with Crippen molar-refractivity contribution in [3.05, 3.63) is 24.2 Å². The highest BCUT2D eigenvalue weighted by Gasteiger charge is 2.24. The van der Waals surface area contributed by atoms with Gasteiger partial charge in [-0.1, -0.05) is 0 Å². The van der Waals surface area contributed by atoms with Crippen molar-refractivity contribution in [2.24, 2.45) is 0 Å². The third-order valence-corrected chi connectivity index (χ3v) is 2.51. The molecule has 0 bridgehead atoms. The molecule has 0 saturated heterocycles. The molecular weight excluding hydrogens is 248 g/mol. The number of carboxylic acids is 1. The Morgan fingerprint density at radius 2 is 2.16 bits per heavy atom. The minimum Gasteiger partial charge on any atom is -0.481 e. The molecule has 0 aliphatic heterocycles. The lowest BCUT2D eigenvalue weighted by Gasteiger charge is -2.25. The SMILES string of the molecule is CC(Cc1ccco1)NC(=O)NC(C)(C)CC(=O)O. The molecule has 0 radical (unpaired) electrons. The zero-order valence-electron chi connectivity index (χ0n) is 11.4. The highest BCUT2D eigenvalue weighted by atomic mass is 16.4. The summed E-state index contributed by atoms with van der Waals surface area (Å²) in [5, 5.41) is 14.1. The van der Waals surface area contributed by atoms with Gasteiger partial charge in [-0.05, 0) is 32.9 Å². The van der Waals surface area contributed by atoms with E-state index in [9.17, 15) is 9.59 Å². The van der Waals surface area contributed by atoms with Crippen molar-refractivity contribution < 1.29 is 19.1 Å². The Balaban J connectivity index is 2.40. The van der Waals surface area contributed by atoms with Crippen molar-refractivity contribution in [1.82, 2.24) is 10.6 Å². The number of urea groups is 1. The summed E-state index contributed by atoms with van der Waals surface area (Å²) in [5.74, 6) is -0.161. The highest BCUT2D eigenvalue weighted by molar-refractivity contribution is 5.76. The Labute approximate surface area is 112 Å². The van der Waals surface area contributed by atoms with E-state index >= 15 is 0 Å². The predicted molar refractivity (Wildman–Crippen MR) is 69.9 cm³/mol. The van der Waals surface area contributed by atoms with E-state index in [4.69, 9.17) is 9.52 Å². The minimum atomic E-state index is -0.950. The van der Waals surface area contributed by atoms with Gasteiger partial charge in [0.1, 0.15) is 5.76 Å². The zero-order valence-corrected chi connectivity index (χ0v) is 11.4. The summed E-state index contributed by atoms with van der Waals surface area (Å²) >= 11 is 0. The molecule has 3 N–H and O–H groups in total. The molecule has 1 heterocycles. The summed E-state index contributed by atoms with van der Waals surface area (Å²) in [5.41, 5.74) is -0.791. The molecule has 106 valence electrons. The summed E-state index contributed by atoms with van der Waals surface area (Å²) in [6.45, 7) is 5.18. The van der Waals surface area contributed by atoms with E-state index in [2.05, 4.69) is 10.6 Å². The van der Waals surface area contributed by atoms with Crippen molar-refractivity contribution >= 4 is 12.0 Å². The van der Waals surface area contributed by atoms with E-state index in [0.717, 1.165) is 5.76 Å². The van der Waals surface area contributed by atoms with Gasteiger partial charge in [-0.3, -0.25) is 4.79 Å². The normalized spacial score (nSPS) is 12.8. The van der Waals surface area contributed by atoms with Crippen molar-refractivity contribution in [1.29, 1.82) is 0 Å². The first kappa shape index (κ1) is 15.1. The molecule has 1 rings (SSSR count). The number of hydrogen-bond donors (Lipinski definition) is 3. The number of furan rings is 1. The molecule has 19 heavy (non-hydrogen) atoms. The Bertz CT molecular complexity index is 426. The molecular formula is C13H20N2O4. The van der Waals surface area contributed by atoms with Crippen LogP contribution in [0, 0.1) is 0 Å². The lowest BCUT2D eigenvalue weighted by Crippen LogP contribution is -2.51. The van der Waals surface area contributed by atoms with Crippen LogP contribution in [0.3, 0.4) is 0 Å². The third-order valence-electron chi connectivity index (χ3n) is 2.51. The maximum Gasteiger partial charge on any atom is 0.315 e. The van der Waals surface area contributed by atoms with Crippen LogP contribution in [0.2, 0.25) is 0 Å². The number of carbonyl (C=O) groups is 2. The maximum atomic E-state index is 11.7. The van der Waals surface area contributed by atoms with Crippen LogP contribution in [0.1, 0.15) is 33.0 Å². The fourth-order valence-electron chi connectivity index (χ4n) is 1.77. The Hall–Kier alpha value is -1.98. The van der Waals surface area contributed by atoms with Gasteiger partial charge in [-0.15, -0.1) is 0 Å². The molecule has 0 aromatic carbocycles. The molecule has 0 saturated carbocycles. The Morgan fingerprint density at radius 1 is 1.47 bits per heavy atom. The topological polar surface area (TPSA) is 91.6 Å². The van der Waals surface area contributed by atoms with Gasteiger partial charge in [0, 0.05) is 18.0 Å². The van der Waals surface area contributed by atoms with E-state index in [-0.39, 0.29) is 18.5 Å². The van der Waals surface area contributed by atoms with Crippen LogP contribution in [-0.4, -0.2) is 28.7 Å². The molecule has 0 aliphatic rings. The first-order valence-electron chi connectivity index (χ1n) is 6.11. The molecule has 1 atom stereocenters. The Kier molecular flexibility index (Phi) is 4.97. The van der Waals surface area contributed by atoms with Crippen molar-refractivity contribution in [3.63, 3.8) is 0 Å². The van der Waals surface area contributed by atoms with Gasteiger partial charge in [-0.2, -0.15) is 0 Å². The van der Waals surface area contributed by atoms with E-state index in [1.807, 2.05) is 13.0 Å². The first-order valence-corrected chi connectivity index (χ1v) is 6.11. The molecule has 2 amide bonds. The number of hydrogen-bond acceptors (Lipinski definition) is 3. The fourth-order valence-corrected chi connectivity index (χ4v) is 1.77. The van der Waals surface area contributed by atoms with Crippen molar-refractivity contribution in [2.45, 2.75) is 45.2 Å². The summed E-state index contributed by atoms with van der Waals surface area (Å²) in [6, 6.07) is 3.14. The van der Waals surface area contributed by atoms with Crippen LogP contribution in [0.25, 0.3) is 0 Å². The predicted octanol–water partition coefficient (Wildman–Crippen LogP) is 1.76. The molecule has 1 aromatic heterocycles. The minimum absolute atomic E-state index is 0.105. The van der Waals surface area contributed by atoms with Crippen molar-refractivity contribution in [3.8, 4) is 0 Å². The lowest BCUT2D eigenvalue weighted by atomic mass is 10.0. The van der Waals surface area contributed by atoms with Crippen LogP contribution in [-0.2, 0) is 11.2 Å². The van der Waals surface area contributed by atoms with Gasteiger partial charge < -0.3 is 20.2 Å². The maximum absolute atomic E-state index is 11.7. The lowest BCUT2D eigenvalue weighted by molar-refractivity contribution is -0.138. The molecule has 0 fully saturated rings. The number of aliphatic carboxylic acids is 1. The van der Waals surface area contributed by atoms with E-state index in [0.29, 0.717) is 6.42 Å². The average Bonchev–Trinajstić information content (AvgIpc) is 2.65. The standard InChI is InChI=1S/C13H20N2O4/c1-9(7-10-5-4-6-19-10)14-12(18)15-13(2,3)8-11(16)17/h4-6,9H,7-8H2,1-3H3,(H,16,17)(H2,14,15,18). The highest BCUT2D eigenvalue weighted by Crippen LogP contribution is 2.08. The molecule has 0 aliphatic carbocycles. The number of carbonyl (C=O) groups excluding carboxylic acids is 1. The molecule has 1 aromatic rings. The summed E-state index contributed by atoms with van der Waals surface area (Å²) in [6.07, 6.45) is 2.03. The third kappa shape index (κ3) is 5.94. The summed E-state index contributed by atoms with van der Waals surface area (Å²) < 4.78 is 5.19. The van der Waals surface area contributed by atoms with Gasteiger partial charge in [0.25, 0.3) is 0 Å². The molecule has 6 heteroatoms.